The Labute approximate surface area is 296 Å². The van der Waals surface area contributed by atoms with E-state index in [0.29, 0.717) is 5.92 Å². The number of nitrogens with one attached hydrogen (secondary N) is 1. The number of benzene rings is 3. The predicted octanol–water partition coefficient (Wildman–Crippen LogP) is 8.58. The van der Waals surface area contributed by atoms with Crippen LogP contribution in [0, 0.1) is 19.8 Å². The van der Waals surface area contributed by atoms with Crippen LogP contribution < -0.4 is 11.1 Å². The van der Waals surface area contributed by atoms with Crippen molar-refractivity contribution < 1.29 is 5.11 Å². The minimum absolute atomic E-state index is 0.287. The molecule has 0 atom stereocenters. The van der Waals surface area contributed by atoms with Crippen LogP contribution in [0.2, 0.25) is 0 Å². The van der Waals surface area contributed by atoms with Gasteiger partial charge in [-0.25, -0.2) is 0 Å². The van der Waals surface area contributed by atoms with Crippen LogP contribution in [0.5, 0.6) is 0 Å². The van der Waals surface area contributed by atoms with E-state index in [4.69, 9.17) is 5.73 Å². The maximum Gasteiger partial charge on any atom is 0.0483 e. The molecule has 6 nitrogen and oxygen atoms in total. The number of aliphatic hydroxyl groups is 1. The minimum atomic E-state index is 0.287. The summed E-state index contributed by atoms with van der Waals surface area (Å²) >= 11 is 0. The minimum Gasteiger partial charge on any atom is -0.399 e. The molecule has 1 saturated heterocycles. The molecule has 6 heteroatoms. The summed E-state index contributed by atoms with van der Waals surface area (Å²) < 4.78 is 0. The van der Waals surface area contributed by atoms with Crippen molar-refractivity contribution in [1.29, 1.82) is 0 Å². The fourth-order valence-electron chi connectivity index (χ4n) is 4.76. The van der Waals surface area contributed by atoms with Crippen molar-refractivity contribution in [2.45, 2.75) is 33.2 Å². The highest BCUT2D eigenvalue weighted by atomic mass is 16.3. The van der Waals surface area contributed by atoms with E-state index in [1.807, 2.05) is 38.2 Å². The smallest absolute Gasteiger partial charge is 0.0483 e. The van der Waals surface area contributed by atoms with Crippen molar-refractivity contribution >= 4 is 11.4 Å². The lowest BCUT2D eigenvalue weighted by atomic mass is 10.1. The van der Waals surface area contributed by atoms with Crippen LogP contribution in [-0.2, 0) is 6.54 Å². The van der Waals surface area contributed by atoms with Crippen LogP contribution in [0.25, 0.3) is 0 Å². The molecular weight excluding hydrogens is 590 g/mol. The lowest BCUT2D eigenvalue weighted by Crippen LogP contribution is -2.39. The van der Waals surface area contributed by atoms with Crippen molar-refractivity contribution in [2.75, 3.05) is 78.1 Å². The molecule has 1 fully saturated rings. The maximum atomic E-state index is 9.58. The lowest BCUT2D eigenvalue weighted by molar-refractivity contribution is 0.130. The van der Waals surface area contributed by atoms with Crippen molar-refractivity contribution in [3.63, 3.8) is 0 Å². The van der Waals surface area contributed by atoms with Crippen LogP contribution in [0.1, 0.15) is 29.5 Å². The van der Waals surface area contributed by atoms with E-state index in [9.17, 15) is 5.11 Å². The molecule has 1 aliphatic rings. The molecule has 1 aliphatic heterocycles. The summed E-state index contributed by atoms with van der Waals surface area (Å²) in [5, 5.41) is 12.6. The van der Waals surface area contributed by atoms with Crippen molar-refractivity contribution in [2.24, 2.45) is 5.92 Å². The molecule has 4 N–H and O–H groups in total. The van der Waals surface area contributed by atoms with Gasteiger partial charge in [-0.15, -0.1) is 52.6 Å². The Morgan fingerprint density at radius 2 is 1.08 bits per heavy atom. The first kappa shape index (κ1) is 48.5. The summed E-state index contributed by atoms with van der Waals surface area (Å²) in [6, 6.07) is 26.9. The van der Waals surface area contributed by atoms with Crippen LogP contribution in [-0.4, -0.2) is 86.8 Å². The Balaban J connectivity index is -0.000000665. The highest BCUT2D eigenvalue weighted by Gasteiger charge is 2.15. The van der Waals surface area contributed by atoms with Gasteiger partial charge in [0.2, 0.25) is 0 Å². The summed E-state index contributed by atoms with van der Waals surface area (Å²) in [5.74, 6) is 0.366. The van der Waals surface area contributed by atoms with Gasteiger partial charge in [-0.05, 0) is 96.8 Å². The van der Waals surface area contributed by atoms with Gasteiger partial charge < -0.3 is 26.0 Å². The van der Waals surface area contributed by atoms with Crippen molar-refractivity contribution in [3.05, 3.63) is 148 Å². The maximum absolute atomic E-state index is 9.58. The Morgan fingerprint density at radius 1 is 0.667 bits per heavy atom. The van der Waals surface area contributed by atoms with Gasteiger partial charge >= 0.3 is 0 Å². The van der Waals surface area contributed by atoms with Gasteiger partial charge in [0.1, 0.15) is 0 Å². The zero-order valence-electron chi connectivity index (χ0n) is 31.2. The third-order valence-electron chi connectivity index (χ3n) is 7.09. The predicted molar refractivity (Wildman–Crippen MR) is 218 cm³/mol. The second-order valence-electron chi connectivity index (χ2n) is 11.1. The van der Waals surface area contributed by atoms with E-state index in [-0.39, 0.29) is 6.61 Å². The van der Waals surface area contributed by atoms with Crippen LogP contribution in [0.4, 0.5) is 11.4 Å². The summed E-state index contributed by atoms with van der Waals surface area (Å²) in [4.78, 5) is 7.33. The molecule has 0 radical (unpaired) electrons. The zero-order valence-corrected chi connectivity index (χ0v) is 31.2. The molecule has 0 saturated carbocycles. The second kappa shape index (κ2) is 34.4. The van der Waals surface area contributed by atoms with Crippen LogP contribution in [0.3, 0.4) is 0 Å². The molecule has 1 heterocycles. The Bertz CT molecular complexity index is 1040. The largest absolute Gasteiger partial charge is 0.399 e. The molecule has 3 aromatic carbocycles. The van der Waals surface area contributed by atoms with Crippen molar-refractivity contribution in [1.82, 2.24) is 14.7 Å². The Hall–Kier alpha value is -3.94. The highest BCUT2D eigenvalue weighted by Crippen LogP contribution is 2.10. The van der Waals surface area contributed by atoms with Gasteiger partial charge in [0.25, 0.3) is 0 Å². The summed E-state index contributed by atoms with van der Waals surface area (Å²) in [7, 11) is 6.27. The summed E-state index contributed by atoms with van der Waals surface area (Å²) in [6.45, 7) is 35.9. The zero-order chi connectivity index (χ0) is 37.2. The van der Waals surface area contributed by atoms with E-state index < -0.39 is 0 Å². The molecule has 0 aromatic heterocycles. The molecule has 0 unspecified atom stereocenters. The monoisotopic (exact) mass is 660 g/mol. The van der Waals surface area contributed by atoms with Gasteiger partial charge in [0.15, 0.2) is 0 Å². The molecule has 4 rings (SSSR count). The standard InChI is InChI=1S/C19H33N3O.C8H11N.C7H9N.4C2H4/c1-20-10-6-12-22(16-18-8-4-3-5-9-18)13-7-11-21(2)15-19(14-20)17-23;1-7-3-5-8(9-2)6-4-7;1-6-2-4-7(8)5-3-6;4*1-2/h3-5,8-9,19,23H,6-7,10-17H2,1-2H3;3-6,9H,1-2H3;2-5H,8H2,1H3;4*1-2H2. The third kappa shape index (κ3) is 26.2. The number of aryl methyl sites for hydroxylation is 2. The average Bonchev–Trinajstić information content (AvgIpc) is 3.13. The molecular formula is C42H69N5O. The number of nitrogen functional groups attached to an aromatic ring is 1. The quantitative estimate of drug-likeness (QED) is 0.193. The second-order valence-corrected chi connectivity index (χ2v) is 11.1. The number of aliphatic hydroxyl groups excluding tert-OH is 1. The summed E-state index contributed by atoms with van der Waals surface area (Å²) in [6.07, 6.45) is 2.38. The average molecular weight is 660 g/mol. The van der Waals surface area contributed by atoms with Crippen LogP contribution in [0.15, 0.2) is 131 Å². The van der Waals surface area contributed by atoms with Gasteiger partial charge in [-0.1, -0.05) is 65.7 Å². The number of hydrogen-bond acceptors (Lipinski definition) is 6. The van der Waals surface area contributed by atoms with Gasteiger partial charge in [0.05, 0.1) is 0 Å². The third-order valence-corrected chi connectivity index (χ3v) is 7.09. The number of rotatable bonds is 4. The molecule has 48 heavy (non-hydrogen) atoms. The van der Waals surface area contributed by atoms with Crippen molar-refractivity contribution in [3.8, 4) is 0 Å². The topological polar surface area (TPSA) is 68.0 Å². The molecule has 0 amide bonds. The fraction of sp³-hybridized carbons (Fsp3) is 0.381. The Kier molecular flexibility index (Phi) is 34.7. The number of nitrogens with zero attached hydrogens (tertiary/aromatic N) is 3. The SMILES string of the molecule is C=C.C=C.C=C.C=C.CN1CCCN(Cc2ccccc2)CCCN(C)CC(CO)C1.CNc1ccc(C)cc1.Cc1ccc(N)cc1. The van der Waals surface area contributed by atoms with E-state index in [1.165, 1.54) is 35.2 Å². The lowest BCUT2D eigenvalue weighted by Gasteiger charge is -2.30. The normalized spacial score (nSPS) is 14.0. The first-order valence-electron chi connectivity index (χ1n) is 16.6. The molecule has 0 spiro atoms. The summed E-state index contributed by atoms with van der Waals surface area (Å²) in [5.41, 5.74) is 11.4. The molecule has 3 aromatic rings. The first-order valence-corrected chi connectivity index (χ1v) is 16.6. The number of nitrogens with two attached hydrogens (primary N) is 1. The fourth-order valence-corrected chi connectivity index (χ4v) is 4.76. The Morgan fingerprint density at radius 3 is 1.46 bits per heavy atom. The van der Waals surface area contributed by atoms with Gasteiger partial charge in [-0.2, -0.15) is 0 Å². The van der Waals surface area contributed by atoms with E-state index >= 15 is 0 Å². The van der Waals surface area contributed by atoms with E-state index in [0.717, 1.165) is 51.5 Å². The highest BCUT2D eigenvalue weighted by molar-refractivity contribution is 5.43. The number of anilines is 2. The molecule has 0 bridgehead atoms. The molecule has 268 valence electrons. The van der Waals surface area contributed by atoms with Gasteiger partial charge in [-0.3, -0.25) is 4.90 Å². The van der Waals surface area contributed by atoms with Crippen LogP contribution >= 0.6 is 0 Å². The number of hydrogen-bond donors (Lipinski definition) is 3. The first-order chi connectivity index (χ1) is 23.3. The van der Waals surface area contributed by atoms with E-state index in [1.54, 1.807) is 0 Å². The van der Waals surface area contributed by atoms with E-state index in [2.05, 4.69) is 148 Å². The molecule has 0 aliphatic carbocycles. The van der Waals surface area contributed by atoms with Gasteiger partial charge in [0, 0.05) is 50.6 Å².